The summed E-state index contributed by atoms with van der Waals surface area (Å²) in [6, 6.07) is 0. The third kappa shape index (κ3) is 1.82. The van der Waals surface area contributed by atoms with Gasteiger partial charge in [0.15, 0.2) is 6.29 Å². The minimum absolute atomic E-state index is 0.0734. The molecule has 4 heteroatoms. The summed E-state index contributed by atoms with van der Waals surface area (Å²) in [7, 11) is 0. The van der Waals surface area contributed by atoms with Crippen molar-refractivity contribution in [3.8, 4) is 0 Å². The Morgan fingerprint density at radius 3 is 2.94 bits per heavy atom. The molecule has 0 aromatic carbocycles. The number of rotatable bonds is 4. The predicted octanol–water partition coefficient (Wildman–Crippen LogP) is 2.89. The average molecular weight is 255 g/mol. The first-order chi connectivity index (χ1) is 8.66. The van der Waals surface area contributed by atoms with Crippen molar-refractivity contribution in [2.24, 2.45) is 11.8 Å². The average Bonchev–Trinajstić information content (AvgIpc) is 2.80. The highest BCUT2D eigenvalue weighted by Gasteiger charge is 2.62. The highest BCUT2D eigenvalue weighted by atomic mass is 17.0. The van der Waals surface area contributed by atoms with Crippen LogP contribution in [-0.2, 0) is 14.4 Å². The first-order valence-electron chi connectivity index (χ1n) is 7.41. The number of hydrogen-bond donors (Lipinski definition) is 0. The molecular formula is C14H25NO3. The zero-order valence-electron chi connectivity index (χ0n) is 11.7. The van der Waals surface area contributed by atoms with Gasteiger partial charge in [-0.1, -0.05) is 18.6 Å². The second kappa shape index (κ2) is 4.75. The second-order valence-corrected chi connectivity index (χ2v) is 6.17. The third-order valence-corrected chi connectivity index (χ3v) is 5.12. The van der Waals surface area contributed by atoms with Gasteiger partial charge < -0.3 is 4.74 Å². The largest absolute Gasteiger partial charge is 0.351 e. The highest BCUT2D eigenvalue weighted by Crippen LogP contribution is 2.55. The standard InChI is InChI=1S/C14H25NO3/c1-4-5-8-16-13-9-11-6-7-12-10(2)17-15(18-13)14(11,12)3/h10-13H,4-9H2,1-3H3/t10-,11+,12-,13+,14-/m1/s1. The fourth-order valence-corrected chi connectivity index (χ4v) is 3.93. The van der Waals surface area contributed by atoms with Crippen LogP contribution in [0.25, 0.3) is 0 Å². The van der Waals surface area contributed by atoms with Gasteiger partial charge in [0.05, 0.1) is 11.6 Å². The maximum absolute atomic E-state index is 5.90. The molecule has 0 amide bonds. The van der Waals surface area contributed by atoms with Crippen molar-refractivity contribution >= 4 is 0 Å². The Kier molecular flexibility index (Phi) is 3.39. The van der Waals surface area contributed by atoms with Crippen LogP contribution in [0.5, 0.6) is 0 Å². The summed E-state index contributed by atoms with van der Waals surface area (Å²) in [6.07, 6.45) is 5.97. The van der Waals surface area contributed by atoms with E-state index in [2.05, 4.69) is 20.8 Å². The van der Waals surface area contributed by atoms with E-state index in [-0.39, 0.29) is 17.9 Å². The zero-order valence-corrected chi connectivity index (χ0v) is 11.7. The lowest BCUT2D eigenvalue weighted by molar-refractivity contribution is -0.459. The Balaban J connectivity index is 1.67. The Bertz CT molecular complexity index is 311. The summed E-state index contributed by atoms with van der Waals surface area (Å²) >= 11 is 0. The fourth-order valence-electron chi connectivity index (χ4n) is 3.93. The summed E-state index contributed by atoms with van der Waals surface area (Å²) in [4.78, 5) is 11.8. The van der Waals surface area contributed by atoms with Gasteiger partial charge in [-0.15, -0.1) is 0 Å². The van der Waals surface area contributed by atoms with E-state index in [1.54, 1.807) is 5.23 Å². The van der Waals surface area contributed by atoms with E-state index in [9.17, 15) is 0 Å². The van der Waals surface area contributed by atoms with Crippen molar-refractivity contribution in [3.05, 3.63) is 0 Å². The Hall–Kier alpha value is -0.160. The van der Waals surface area contributed by atoms with Crippen LogP contribution in [0, 0.1) is 11.8 Å². The number of ether oxygens (including phenoxy) is 1. The van der Waals surface area contributed by atoms with Gasteiger partial charge in [-0.05, 0) is 39.0 Å². The van der Waals surface area contributed by atoms with E-state index in [0.717, 1.165) is 25.9 Å². The smallest absolute Gasteiger partial charge is 0.180 e. The summed E-state index contributed by atoms with van der Waals surface area (Å²) in [5, 5.41) is 1.78. The molecule has 0 bridgehead atoms. The normalized spacial score (nSPS) is 47.5. The fraction of sp³-hybridized carbons (Fsp3) is 1.00. The van der Waals surface area contributed by atoms with Crippen LogP contribution in [0.3, 0.4) is 0 Å². The lowest BCUT2D eigenvalue weighted by Gasteiger charge is -2.43. The first-order valence-corrected chi connectivity index (χ1v) is 7.41. The molecule has 0 N–H and O–H groups in total. The van der Waals surface area contributed by atoms with E-state index < -0.39 is 0 Å². The third-order valence-electron chi connectivity index (χ3n) is 5.12. The van der Waals surface area contributed by atoms with Gasteiger partial charge in [0.1, 0.15) is 0 Å². The monoisotopic (exact) mass is 255 g/mol. The lowest BCUT2D eigenvalue weighted by Crippen LogP contribution is -2.54. The first kappa shape index (κ1) is 12.9. The lowest BCUT2D eigenvalue weighted by atomic mass is 9.79. The van der Waals surface area contributed by atoms with Gasteiger partial charge in [-0.3, -0.25) is 4.84 Å². The molecule has 1 aliphatic carbocycles. The van der Waals surface area contributed by atoms with Gasteiger partial charge in [0.2, 0.25) is 0 Å². The van der Waals surface area contributed by atoms with Gasteiger partial charge in [-0.2, -0.15) is 0 Å². The van der Waals surface area contributed by atoms with Crippen molar-refractivity contribution in [3.63, 3.8) is 0 Å². The summed E-state index contributed by atoms with van der Waals surface area (Å²) in [5.41, 5.74) is 0.0734. The number of nitrogens with zero attached hydrogens (tertiary/aromatic N) is 1. The molecule has 0 radical (unpaired) electrons. The van der Waals surface area contributed by atoms with Gasteiger partial charge in [-0.25, -0.2) is 4.84 Å². The summed E-state index contributed by atoms with van der Waals surface area (Å²) in [5.74, 6) is 1.26. The molecular weight excluding hydrogens is 230 g/mol. The second-order valence-electron chi connectivity index (χ2n) is 6.17. The van der Waals surface area contributed by atoms with Crippen LogP contribution in [0.15, 0.2) is 0 Å². The van der Waals surface area contributed by atoms with Crippen molar-refractivity contribution in [2.75, 3.05) is 6.61 Å². The summed E-state index contributed by atoms with van der Waals surface area (Å²) in [6.45, 7) is 7.42. The quantitative estimate of drug-likeness (QED) is 0.723. The van der Waals surface area contributed by atoms with E-state index in [1.165, 1.54) is 12.8 Å². The number of hydroxylamine groups is 2. The van der Waals surface area contributed by atoms with Crippen molar-refractivity contribution < 1.29 is 14.4 Å². The van der Waals surface area contributed by atoms with Crippen LogP contribution in [-0.4, -0.2) is 29.8 Å². The molecule has 2 saturated heterocycles. The Labute approximate surface area is 109 Å². The number of unbranched alkanes of at least 4 members (excludes halogenated alkanes) is 1. The molecule has 3 aliphatic rings. The van der Waals surface area contributed by atoms with Gasteiger partial charge >= 0.3 is 0 Å². The van der Waals surface area contributed by atoms with Gasteiger partial charge in [0.25, 0.3) is 0 Å². The van der Waals surface area contributed by atoms with Crippen molar-refractivity contribution in [1.29, 1.82) is 0 Å². The molecule has 2 heterocycles. The molecule has 3 rings (SSSR count). The Morgan fingerprint density at radius 1 is 1.33 bits per heavy atom. The molecule has 5 atom stereocenters. The van der Waals surface area contributed by atoms with Crippen LogP contribution in [0.4, 0.5) is 0 Å². The molecule has 0 aromatic heterocycles. The number of hydrogen-bond acceptors (Lipinski definition) is 4. The molecule has 18 heavy (non-hydrogen) atoms. The Morgan fingerprint density at radius 2 is 2.17 bits per heavy atom. The van der Waals surface area contributed by atoms with Crippen LogP contribution < -0.4 is 0 Å². The predicted molar refractivity (Wildman–Crippen MR) is 67.4 cm³/mol. The molecule has 0 spiro atoms. The molecule has 0 aromatic rings. The molecule has 3 fully saturated rings. The minimum atomic E-state index is -0.112. The maximum Gasteiger partial charge on any atom is 0.180 e. The highest BCUT2D eigenvalue weighted by molar-refractivity contribution is 5.06. The van der Waals surface area contributed by atoms with E-state index in [4.69, 9.17) is 14.4 Å². The van der Waals surface area contributed by atoms with Crippen LogP contribution >= 0.6 is 0 Å². The van der Waals surface area contributed by atoms with E-state index in [0.29, 0.717) is 11.8 Å². The minimum Gasteiger partial charge on any atom is -0.351 e. The van der Waals surface area contributed by atoms with Crippen LogP contribution in [0.1, 0.15) is 52.9 Å². The zero-order chi connectivity index (χ0) is 12.8. The molecule has 0 unspecified atom stereocenters. The van der Waals surface area contributed by atoms with E-state index >= 15 is 0 Å². The van der Waals surface area contributed by atoms with Crippen molar-refractivity contribution in [2.45, 2.75) is 70.8 Å². The molecule has 4 nitrogen and oxygen atoms in total. The molecule has 104 valence electrons. The SMILES string of the molecule is CCCCO[C@@H]1C[C@@H]2CC[C@@H]3[C@@H](C)ON(O1)[C@]23C. The van der Waals surface area contributed by atoms with Crippen LogP contribution in [0.2, 0.25) is 0 Å². The topological polar surface area (TPSA) is 30.9 Å². The van der Waals surface area contributed by atoms with Gasteiger partial charge in [0, 0.05) is 18.9 Å². The maximum atomic E-state index is 5.90. The molecule has 2 aliphatic heterocycles. The van der Waals surface area contributed by atoms with Crippen molar-refractivity contribution in [1.82, 2.24) is 5.23 Å². The molecule has 1 saturated carbocycles. The van der Waals surface area contributed by atoms with E-state index in [1.807, 2.05) is 0 Å². The summed E-state index contributed by atoms with van der Waals surface area (Å²) < 4.78 is 5.82.